The number of ether oxygens (including phenoxy) is 1. The Morgan fingerprint density at radius 1 is 1.41 bits per heavy atom. The number of carbonyl (C=O) groups excluding carboxylic acids is 1. The number of nitrogens with one attached hydrogen (secondary N) is 1. The van der Waals surface area contributed by atoms with Gasteiger partial charge in [-0.05, 0) is 33.6 Å². The molecule has 1 N–H and O–H groups in total. The molecule has 0 bridgehead atoms. The van der Waals surface area contributed by atoms with E-state index in [-0.39, 0.29) is 12.1 Å². The maximum absolute atomic E-state index is 12.6. The summed E-state index contributed by atoms with van der Waals surface area (Å²) in [7, 11) is 0. The molecule has 122 valence electrons. The highest BCUT2D eigenvalue weighted by Crippen LogP contribution is 2.18. The number of hydrogen-bond donors (Lipinski definition) is 1. The number of hydrogen-bond acceptors (Lipinski definition) is 5. The average molecular weight is 310 g/mol. The second-order valence-corrected chi connectivity index (χ2v) is 6.41. The molecule has 1 aliphatic heterocycles. The van der Waals surface area contributed by atoms with Gasteiger partial charge in [-0.1, -0.05) is 0 Å². The van der Waals surface area contributed by atoms with Crippen molar-refractivity contribution in [3.05, 3.63) is 18.1 Å². The Balaban J connectivity index is 1.83. The molecule has 2 heterocycles. The SMILES string of the molecule is CC(C)(C)OC(=O)N1CCC(Nc2cc(CF)ncn2)CC1. The van der Waals surface area contributed by atoms with Crippen LogP contribution in [0.25, 0.3) is 0 Å². The normalized spacial score (nSPS) is 16.5. The lowest BCUT2D eigenvalue weighted by molar-refractivity contribution is 0.0210. The second kappa shape index (κ2) is 6.89. The molecule has 1 fully saturated rings. The Morgan fingerprint density at radius 3 is 2.68 bits per heavy atom. The van der Waals surface area contributed by atoms with Crippen molar-refractivity contribution in [2.75, 3.05) is 18.4 Å². The number of halogens is 1. The lowest BCUT2D eigenvalue weighted by Gasteiger charge is -2.33. The number of alkyl halides is 1. The van der Waals surface area contributed by atoms with Gasteiger partial charge in [0.15, 0.2) is 0 Å². The number of nitrogens with zero attached hydrogens (tertiary/aromatic N) is 3. The fourth-order valence-corrected chi connectivity index (χ4v) is 2.29. The number of anilines is 1. The van der Waals surface area contributed by atoms with Crippen molar-refractivity contribution in [2.45, 2.75) is 51.9 Å². The smallest absolute Gasteiger partial charge is 0.410 e. The monoisotopic (exact) mass is 310 g/mol. The van der Waals surface area contributed by atoms with E-state index in [0.29, 0.717) is 24.6 Å². The molecular weight excluding hydrogens is 287 g/mol. The van der Waals surface area contributed by atoms with Gasteiger partial charge in [-0.25, -0.2) is 19.2 Å². The zero-order valence-corrected chi connectivity index (χ0v) is 13.3. The van der Waals surface area contributed by atoms with Crippen LogP contribution in [0.15, 0.2) is 12.4 Å². The summed E-state index contributed by atoms with van der Waals surface area (Å²) in [4.78, 5) is 21.6. The molecule has 0 saturated carbocycles. The van der Waals surface area contributed by atoms with Crippen LogP contribution in [0.1, 0.15) is 39.3 Å². The van der Waals surface area contributed by atoms with Gasteiger partial charge in [-0.15, -0.1) is 0 Å². The van der Waals surface area contributed by atoms with Crippen molar-refractivity contribution in [3.63, 3.8) is 0 Å². The van der Waals surface area contributed by atoms with Crippen LogP contribution in [-0.4, -0.2) is 45.7 Å². The molecule has 1 aliphatic rings. The molecule has 0 unspecified atom stereocenters. The summed E-state index contributed by atoms with van der Waals surface area (Å²) in [5.74, 6) is 0.623. The average Bonchev–Trinajstić information content (AvgIpc) is 2.46. The predicted molar refractivity (Wildman–Crippen MR) is 81.3 cm³/mol. The third-order valence-corrected chi connectivity index (χ3v) is 3.36. The molecule has 0 radical (unpaired) electrons. The minimum Gasteiger partial charge on any atom is -0.444 e. The van der Waals surface area contributed by atoms with Crippen LogP contribution in [0.5, 0.6) is 0 Å². The van der Waals surface area contributed by atoms with Gasteiger partial charge in [0.2, 0.25) is 0 Å². The zero-order chi connectivity index (χ0) is 16.2. The Labute approximate surface area is 130 Å². The summed E-state index contributed by atoms with van der Waals surface area (Å²) in [5.41, 5.74) is -0.112. The van der Waals surface area contributed by atoms with Crippen molar-refractivity contribution < 1.29 is 13.9 Å². The fraction of sp³-hybridized carbons (Fsp3) is 0.667. The molecule has 2 rings (SSSR count). The first kappa shape index (κ1) is 16.5. The van der Waals surface area contributed by atoms with Crippen LogP contribution in [0.4, 0.5) is 15.0 Å². The van der Waals surface area contributed by atoms with E-state index < -0.39 is 12.3 Å². The summed E-state index contributed by atoms with van der Waals surface area (Å²) >= 11 is 0. The van der Waals surface area contributed by atoms with E-state index in [1.807, 2.05) is 20.8 Å². The maximum Gasteiger partial charge on any atom is 0.410 e. The van der Waals surface area contributed by atoms with Crippen LogP contribution in [-0.2, 0) is 11.4 Å². The minimum atomic E-state index is -0.603. The first-order valence-corrected chi connectivity index (χ1v) is 7.49. The van der Waals surface area contributed by atoms with Gasteiger partial charge < -0.3 is 15.0 Å². The van der Waals surface area contributed by atoms with Gasteiger partial charge in [0.25, 0.3) is 0 Å². The first-order chi connectivity index (χ1) is 10.4. The van der Waals surface area contributed by atoms with Crippen LogP contribution < -0.4 is 5.32 Å². The van der Waals surface area contributed by atoms with Gasteiger partial charge in [0.1, 0.15) is 24.4 Å². The Hall–Kier alpha value is -1.92. The van der Waals surface area contributed by atoms with Crippen molar-refractivity contribution in [1.29, 1.82) is 0 Å². The van der Waals surface area contributed by atoms with Crippen molar-refractivity contribution >= 4 is 11.9 Å². The van der Waals surface area contributed by atoms with Gasteiger partial charge in [-0.3, -0.25) is 0 Å². The molecule has 1 aromatic rings. The van der Waals surface area contributed by atoms with Gasteiger partial charge in [0.05, 0.1) is 5.69 Å². The van der Waals surface area contributed by atoms with Crippen LogP contribution in [0.3, 0.4) is 0 Å². The van der Waals surface area contributed by atoms with E-state index >= 15 is 0 Å². The van der Waals surface area contributed by atoms with E-state index in [1.165, 1.54) is 6.33 Å². The lowest BCUT2D eigenvalue weighted by atomic mass is 10.1. The number of amides is 1. The number of rotatable bonds is 3. The molecule has 7 heteroatoms. The lowest BCUT2D eigenvalue weighted by Crippen LogP contribution is -2.44. The quantitative estimate of drug-likeness (QED) is 0.930. The largest absolute Gasteiger partial charge is 0.444 e. The maximum atomic E-state index is 12.6. The van der Waals surface area contributed by atoms with E-state index in [4.69, 9.17) is 4.74 Å². The standard InChI is InChI=1S/C15H23FN4O2/c1-15(2,3)22-14(21)20-6-4-11(5-7-20)19-13-8-12(9-16)17-10-18-13/h8,10-11H,4-7,9H2,1-3H3,(H,17,18,19). The fourth-order valence-electron chi connectivity index (χ4n) is 2.29. The summed E-state index contributed by atoms with van der Waals surface area (Å²) in [6.45, 7) is 6.24. The van der Waals surface area contributed by atoms with Crippen molar-refractivity contribution in [2.24, 2.45) is 0 Å². The summed E-state index contributed by atoms with van der Waals surface area (Å²) in [6.07, 6.45) is 2.68. The minimum absolute atomic E-state index is 0.209. The highest BCUT2D eigenvalue weighted by atomic mass is 19.1. The summed E-state index contributed by atoms with van der Waals surface area (Å²) in [5, 5.41) is 3.27. The molecule has 22 heavy (non-hydrogen) atoms. The highest BCUT2D eigenvalue weighted by molar-refractivity contribution is 5.68. The van der Waals surface area contributed by atoms with Crippen molar-refractivity contribution in [1.82, 2.24) is 14.9 Å². The van der Waals surface area contributed by atoms with Crippen LogP contribution >= 0.6 is 0 Å². The number of carbonyl (C=O) groups is 1. The van der Waals surface area contributed by atoms with E-state index in [0.717, 1.165) is 12.8 Å². The third kappa shape index (κ3) is 4.82. The van der Waals surface area contributed by atoms with Gasteiger partial charge >= 0.3 is 6.09 Å². The van der Waals surface area contributed by atoms with Crippen LogP contribution in [0.2, 0.25) is 0 Å². The number of likely N-dealkylation sites (tertiary alicyclic amines) is 1. The van der Waals surface area contributed by atoms with E-state index in [1.54, 1.807) is 11.0 Å². The highest BCUT2D eigenvalue weighted by Gasteiger charge is 2.26. The molecule has 0 spiro atoms. The number of piperidine rings is 1. The molecular formula is C15H23FN4O2. The Bertz CT molecular complexity index is 511. The zero-order valence-electron chi connectivity index (χ0n) is 13.3. The predicted octanol–water partition coefficient (Wildman–Crippen LogP) is 2.76. The summed E-state index contributed by atoms with van der Waals surface area (Å²) in [6, 6.07) is 1.82. The van der Waals surface area contributed by atoms with E-state index in [2.05, 4.69) is 15.3 Å². The van der Waals surface area contributed by atoms with E-state index in [9.17, 15) is 9.18 Å². The number of aromatic nitrogens is 2. The topological polar surface area (TPSA) is 67.3 Å². The van der Waals surface area contributed by atoms with Crippen molar-refractivity contribution in [3.8, 4) is 0 Å². The molecule has 1 aromatic heterocycles. The summed E-state index contributed by atoms with van der Waals surface area (Å²) < 4.78 is 17.9. The molecule has 1 amide bonds. The molecule has 6 nitrogen and oxygen atoms in total. The first-order valence-electron chi connectivity index (χ1n) is 7.49. The molecule has 0 atom stereocenters. The van der Waals surface area contributed by atoms with Gasteiger partial charge in [-0.2, -0.15) is 0 Å². The van der Waals surface area contributed by atoms with Gasteiger partial charge in [0, 0.05) is 25.2 Å². The third-order valence-electron chi connectivity index (χ3n) is 3.36. The molecule has 0 aromatic carbocycles. The Morgan fingerprint density at radius 2 is 2.09 bits per heavy atom. The Kier molecular flexibility index (Phi) is 5.15. The second-order valence-electron chi connectivity index (χ2n) is 6.41. The molecule has 1 saturated heterocycles. The molecule has 0 aliphatic carbocycles. The van der Waals surface area contributed by atoms with Crippen LogP contribution in [0, 0.1) is 0 Å².